The van der Waals surface area contributed by atoms with Gasteiger partial charge in [0, 0.05) is 16.9 Å². The molecule has 0 saturated carbocycles. The second-order valence-corrected chi connectivity index (χ2v) is 14.3. The molecule has 0 radical (unpaired) electrons. The lowest BCUT2D eigenvalue weighted by Crippen LogP contribution is -2.70. The van der Waals surface area contributed by atoms with Gasteiger partial charge < -0.3 is 61.2 Å². The summed E-state index contributed by atoms with van der Waals surface area (Å²) in [5.41, 5.74) is -0.980. The third kappa shape index (κ3) is 11.2. The van der Waals surface area contributed by atoms with Crippen molar-refractivity contribution in [3.05, 3.63) is 120 Å². The standard InChI is InChI=1S/C41H41F6N5O10/c42-40(43,44)24-8-4-10-26(16-24)48-38(58)50-28-20-60-29(18-53)31(51-36(57)23-14-12-22(13-15-23)21-6-2-1-3-7-21)35(28)62-37-32(34(56)33(55)30(19-54)61-37)52-39(59)49-27-11-5-9-25(17-27)41(45,46)47/h1-17,28-35,37,53-56H,18-20H2,(H,51,57)(H2,48,50,58)(H2,49,52,59)/t28-,29+,30+,31-,32+,33+,34+,35+,37-/m0/s1. The smallest absolute Gasteiger partial charge is 0.394 e. The highest BCUT2D eigenvalue weighted by Gasteiger charge is 2.50. The number of nitrogens with one attached hydrogen (secondary N) is 5. The summed E-state index contributed by atoms with van der Waals surface area (Å²) in [5, 5.41) is 54.4. The number of amides is 5. The van der Waals surface area contributed by atoms with E-state index in [1.807, 2.05) is 30.3 Å². The molecule has 5 amide bonds. The fourth-order valence-electron chi connectivity index (χ4n) is 6.92. The molecule has 9 N–H and O–H groups in total. The molecule has 2 saturated heterocycles. The van der Waals surface area contributed by atoms with E-state index in [1.165, 1.54) is 18.2 Å². The Morgan fingerprint density at radius 3 is 1.74 bits per heavy atom. The molecule has 15 nitrogen and oxygen atoms in total. The fraction of sp³-hybridized carbons (Fsp3) is 0.341. The lowest BCUT2D eigenvalue weighted by molar-refractivity contribution is -0.293. The van der Waals surface area contributed by atoms with E-state index in [0.29, 0.717) is 12.1 Å². The molecule has 2 heterocycles. The van der Waals surface area contributed by atoms with Crippen LogP contribution in [0.15, 0.2) is 103 Å². The zero-order valence-electron chi connectivity index (χ0n) is 32.1. The average Bonchev–Trinajstić information content (AvgIpc) is 3.24. The van der Waals surface area contributed by atoms with Gasteiger partial charge in [0.05, 0.1) is 43.0 Å². The minimum Gasteiger partial charge on any atom is -0.394 e. The van der Waals surface area contributed by atoms with Crippen molar-refractivity contribution in [2.24, 2.45) is 0 Å². The van der Waals surface area contributed by atoms with Crippen molar-refractivity contribution in [3.8, 4) is 11.1 Å². The Balaban J connectivity index is 1.30. The van der Waals surface area contributed by atoms with Gasteiger partial charge in [-0.25, -0.2) is 9.59 Å². The van der Waals surface area contributed by atoms with Gasteiger partial charge in [0.15, 0.2) is 6.29 Å². The van der Waals surface area contributed by atoms with Crippen molar-refractivity contribution in [2.75, 3.05) is 30.5 Å². The molecule has 0 spiro atoms. The number of hydrogen-bond donors (Lipinski definition) is 9. The number of rotatable bonds is 11. The summed E-state index contributed by atoms with van der Waals surface area (Å²) in [6.07, 6.45) is -19.7. The summed E-state index contributed by atoms with van der Waals surface area (Å²) in [5.74, 6) is -0.734. The SMILES string of the molecule is O=C(Nc1cccc(C(F)(F)F)c1)N[C@H]1[C@H](O[C@H]2[C@@H](NC(=O)c3ccc(-c4ccccc4)cc3)[C@@H](CO)OC[C@@H]2NC(=O)Nc2cccc(C(F)(F)F)c2)O[C@H](CO)[C@@H](O)[C@@H]1O. The molecular weight excluding hydrogens is 836 g/mol. The topological polar surface area (TPSA) is 220 Å². The van der Waals surface area contributed by atoms with Crippen LogP contribution >= 0.6 is 0 Å². The second kappa shape index (κ2) is 19.5. The maximum atomic E-state index is 13.8. The van der Waals surface area contributed by atoms with E-state index < -0.39 is 116 Å². The average molecular weight is 878 g/mol. The maximum Gasteiger partial charge on any atom is 0.416 e. The number of hydrogen-bond acceptors (Lipinski definition) is 10. The van der Waals surface area contributed by atoms with Crippen LogP contribution in [-0.4, -0.2) is 113 Å². The van der Waals surface area contributed by atoms with E-state index in [9.17, 15) is 61.2 Å². The molecule has 0 unspecified atom stereocenters. The van der Waals surface area contributed by atoms with Crippen molar-refractivity contribution in [2.45, 2.75) is 67.3 Å². The molecule has 0 aromatic heterocycles. The largest absolute Gasteiger partial charge is 0.416 e. The minimum atomic E-state index is -4.76. The molecule has 0 bridgehead atoms. The first-order valence-corrected chi connectivity index (χ1v) is 18.9. The number of aliphatic hydroxyl groups excluding tert-OH is 4. The molecule has 21 heteroatoms. The van der Waals surface area contributed by atoms with E-state index in [1.54, 1.807) is 12.1 Å². The van der Waals surface area contributed by atoms with E-state index in [4.69, 9.17) is 14.2 Å². The summed E-state index contributed by atoms with van der Waals surface area (Å²) >= 11 is 0. The van der Waals surface area contributed by atoms with Crippen LogP contribution in [0.5, 0.6) is 0 Å². The van der Waals surface area contributed by atoms with Crippen LogP contribution in [0.2, 0.25) is 0 Å². The van der Waals surface area contributed by atoms with Crippen LogP contribution in [-0.2, 0) is 26.6 Å². The van der Waals surface area contributed by atoms with Gasteiger partial charge in [0.1, 0.15) is 36.6 Å². The van der Waals surface area contributed by atoms with Gasteiger partial charge in [-0.15, -0.1) is 0 Å². The van der Waals surface area contributed by atoms with Crippen LogP contribution < -0.4 is 26.6 Å². The van der Waals surface area contributed by atoms with E-state index >= 15 is 0 Å². The van der Waals surface area contributed by atoms with Gasteiger partial charge in [0.25, 0.3) is 5.91 Å². The molecule has 62 heavy (non-hydrogen) atoms. The van der Waals surface area contributed by atoms with Crippen LogP contribution in [0.3, 0.4) is 0 Å². The molecule has 4 aromatic rings. The summed E-state index contributed by atoms with van der Waals surface area (Å²) < 4.78 is 98.3. The summed E-state index contributed by atoms with van der Waals surface area (Å²) in [4.78, 5) is 40.4. The van der Waals surface area contributed by atoms with Crippen molar-refractivity contribution < 1.29 is 75.4 Å². The second-order valence-electron chi connectivity index (χ2n) is 14.3. The highest BCUT2D eigenvalue weighted by molar-refractivity contribution is 5.95. The summed E-state index contributed by atoms with van der Waals surface area (Å²) in [7, 11) is 0. The van der Waals surface area contributed by atoms with Gasteiger partial charge in [0.2, 0.25) is 0 Å². The first kappa shape index (κ1) is 45.7. The third-order valence-corrected chi connectivity index (χ3v) is 10.1. The van der Waals surface area contributed by atoms with Crippen molar-refractivity contribution in [1.29, 1.82) is 0 Å². The molecule has 9 atom stereocenters. The van der Waals surface area contributed by atoms with E-state index in [2.05, 4.69) is 26.6 Å². The third-order valence-electron chi connectivity index (χ3n) is 10.1. The molecule has 4 aromatic carbocycles. The first-order chi connectivity index (χ1) is 29.4. The Labute approximate surface area is 349 Å². The van der Waals surface area contributed by atoms with Crippen LogP contribution in [0.1, 0.15) is 21.5 Å². The zero-order valence-corrected chi connectivity index (χ0v) is 32.1. The highest BCUT2D eigenvalue weighted by atomic mass is 19.4. The predicted octanol–water partition coefficient (Wildman–Crippen LogP) is 4.09. The van der Waals surface area contributed by atoms with Crippen molar-refractivity contribution in [3.63, 3.8) is 0 Å². The number of carbonyl (C=O) groups excluding carboxylic acids is 3. The Morgan fingerprint density at radius 2 is 1.19 bits per heavy atom. The van der Waals surface area contributed by atoms with Crippen LogP contribution in [0.25, 0.3) is 11.1 Å². The molecule has 0 aliphatic carbocycles. The normalized spacial score (nSPS) is 25.3. The molecular formula is C41H41F6N5O10. The molecule has 2 aliphatic heterocycles. The number of aliphatic hydroxyl groups is 4. The number of alkyl halides is 6. The molecule has 2 fully saturated rings. The predicted molar refractivity (Wildman–Crippen MR) is 207 cm³/mol. The summed E-state index contributed by atoms with van der Waals surface area (Å²) in [6.45, 7) is -2.14. The Hall–Kier alpha value is -5.81. The lowest BCUT2D eigenvalue weighted by atomic mass is 9.93. The number of halogens is 6. The van der Waals surface area contributed by atoms with Gasteiger partial charge >= 0.3 is 24.4 Å². The maximum absolute atomic E-state index is 13.8. The monoisotopic (exact) mass is 877 g/mol. The van der Waals surface area contributed by atoms with Gasteiger partial charge in [-0.3, -0.25) is 4.79 Å². The quantitative estimate of drug-likeness (QED) is 0.0984. The Morgan fingerprint density at radius 1 is 0.645 bits per heavy atom. The lowest BCUT2D eigenvalue weighted by Gasteiger charge is -2.47. The number of ether oxygens (including phenoxy) is 3. The van der Waals surface area contributed by atoms with Gasteiger partial charge in [-0.05, 0) is 59.7 Å². The fourth-order valence-corrected chi connectivity index (χ4v) is 6.92. The Bertz CT molecular complexity index is 2170. The summed E-state index contributed by atoms with van der Waals surface area (Å²) in [6, 6.07) is 16.1. The number of anilines is 2. The first-order valence-electron chi connectivity index (χ1n) is 18.9. The van der Waals surface area contributed by atoms with Gasteiger partial charge in [-0.2, -0.15) is 26.3 Å². The molecule has 2 aliphatic rings. The van der Waals surface area contributed by atoms with Crippen molar-refractivity contribution >= 4 is 29.3 Å². The number of urea groups is 2. The van der Waals surface area contributed by atoms with Crippen LogP contribution in [0.4, 0.5) is 47.3 Å². The minimum absolute atomic E-state index is 0.121. The highest BCUT2D eigenvalue weighted by Crippen LogP contribution is 2.33. The van der Waals surface area contributed by atoms with Crippen molar-refractivity contribution in [1.82, 2.24) is 16.0 Å². The molecule has 6 rings (SSSR count). The Kier molecular flexibility index (Phi) is 14.4. The number of benzene rings is 4. The van der Waals surface area contributed by atoms with Crippen LogP contribution in [0, 0.1) is 0 Å². The zero-order chi connectivity index (χ0) is 44.8. The number of carbonyl (C=O) groups is 3. The van der Waals surface area contributed by atoms with Gasteiger partial charge in [-0.1, -0.05) is 54.6 Å². The van der Waals surface area contributed by atoms with E-state index in [-0.39, 0.29) is 16.9 Å². The molecule has 332 valence electrons. The van der Waals surface area contributed by atoms with E-state index in [0.717, 1.165) is 41.5 Å².